The van der Waals surface area contributed by atoms with Gasteiger partial charge in [-0.1, -0.05) is 28.9 Å². The van der Waals surface area contributed by atoms with E-state index in [1.165, 1.54) is 0 Å². The van der Waals surface area contributed by atoms with Crippen molar-refractivity contribution in [1.82, 2.24) is 10.1 Å². The highest BCUT2D eigenvalue weighted by atomic mass is 35.5. The molecule has 0 bridgehead atoms. The number of nitrogens with zero attached hydrogens (tertiary/aromatic N) is 3. The second-order valence-electron chi connectivity index (χ2n) is 7.59. The maximum atomic E-state index is 10.5. The number of rotatable bonds is 4. The second kappa shape index (κ2) is 7.59. The zero-order valence-electron chi connectivity index (χ0n) is 15.1. The molecule has 0 amide bonds. The standard InChI is InChI=1S/C20H26ClN3O2/c1-14-10-17(26-22-14)11-15-12-24(13-20(15)25)16-6-8-23(9-7-16)19-5-3-2-4-18(19)21/h2-5,10,15-16,20,25H,6-9,11-13H2,1H3/t15-,20-/m1/s1. The molecular weight excluding hydrogens is 350 g/mol. The summed E-state index contributed by atoms with van der Waals surface area (Å²) in [6, 6.07) is 10.6. The quantitative estimate of drug-likeness (QED) is 0.889. The third-order valence-corrected chi connectivity index (χ3v) is 6.07. The molecule has 1 N–H and O–H groups in total. The number of β-amino-alcohol motifs (C(OH)–C–C–N with tert-alkyl or cyclic N) is 1. The molecule has 2 atom stereocenters. The SMILES string of the molecule is Cc1cc(C[C@@H]2CN(C3CCN(c4ccccc4Cl)CC3)C[C@H]2O)on1. The van der Waals surface area contributed by atoms with Crippen molar-refractivity contribution in [3.63, 3.8) is 0 Å². The minimum absolute atomic E-state index is 0.226. The normalized spacial score (nSPS) is 25.1. The minimum Gasteiger partial charge on any atom is -0.391 e. The summed E-state index contributed by atoms with van der Waals surface area (Å²) in [4.78, 5) is 4.84. The van der Waals surface area contributed by atoms with Crippen molar-refractivity contribution in [1.29, 1.82) is 0 Å². The lowest BCUT2D eigenvalue weighted by molar-refractivity contribution is 0.129. The predicted molar refractivity (Wildman–Crippen MR) is 103 cm³/mol. The van der Waals surface area contributed by atoms with Gasteiger partial charge in [0.1, 0.15) is 5.76 Å². The van der Waals surface area contributed by atoms with E-state index in [2.05, 4.69) is 21.0 Å². The van der Waals surface area contributed by atoms with Crippen LogP contribution in [-0.4, -0.2) is 53.5 Å². The van der Waals surface area contributed by atoms with Gasteiger partial charge in [0.25, 0.3) is 0 Å². The van der Waals surface area contributed by atoms with Crippen LogP contribution in [0, 0.1) is 12.8 Å². The van der Waals surface area contributed by atoms with Crippen LogP contribution in [0.2, 0.25) is 5.02 Å². The first-order valence-electron chi connectivity index (χ1n) is 9.44. The second-order valence-corrected chi connectivity index (χ2v) is 8.00. The Morgan fingerprint density at radius 2 is 2.00 bits per heavy atom. The maximum Gasteiger partial charge on any atom is 0.137 e. The zero-order chi connectivity index (χ0) is 18.1. The molecule has 2 aliphatic heterocycles. The zero-order valence-corrected chi connectivity index (χ0v) is 15.9. The number of aliphatic hydroxyl groups is 1. The van der Waals surface area contributed by atoms with Crippen molar-refractivity contribution in [2.75, 3.05) is 31.1 Å². The Hall–Kier alpha value is -1.56. The van der Waals surface area contributed by atoms with Crippen molar-refractivity contribution in [2.45, 2.75) is 38.3 Å². The van der Waals surface area contributed by atoms with Gasteiger partial charge in [-0.2, -0.15) is 0 Å². The number of aliphatic hydroxyl groups excluding tert-OH is 1. The van der Waals surface area contributed by atoms with E-state index in [0.717, 1.165) is 67.6 Å². The number of aryl methyl sites for hydroxylation is 1. The Morgan fingerprint density at radius 3 is 2.69 bits per heavy atom. The van der Waals surface area contributed by atoms with Crippen LogP contribution < -0.4 is 4.90 Å². The lowest BCUT2D eigenvalue weighted by Crippen LogP contribution is -2.44. The van der Waals surface area contributed by atoms with Gasteiger partial charge in [-0.15, -0.1) is 0 Å². The predicted octanol–water partition coefficient (Wildman–Crippen LogP) is 3.14. The molecule has 1 aromatic carbocycles. The van der Waals surface area contributed by atoms with Gasteiger partial charge in [0, 0.05) is 50.6 Å². The molecule has 5 nitrogen and oxygen atoms in total. The van der Waals surface area contributed by atoms with Crippen molar-refractivity contribution in [3.8, 4) is 0 Å². The lowest BCUT2D eigenvalue weighted by Gasteiger charge is -2.38. The monoisotopic (exact) mass is 375 g/mol. The smallest absolute Gasteiger partial charge is 0.137 e. The van der Waals surface area contributed by atoms with Crippen LogP contribution in [0.3, 0.4) is 0 Å². The molecule has 6 heteroatoms. The van der Waals surface area contributed by atoms with Gasteiger partial charge >= 0.3 is 0 Å². The molecular formula is C20H26ClN3O2. The molecule has 2 aliphatic rings. The van der Waals surface area contributed by atoms with Crippen molar-refractivity contribution >= 4 is 17.3 Å². The van der Waals surface area contributed by atoms with Gasteiger partial charge in [-0.05, 0) is 31.9 Å². The summed E-state index contributed by atoms with van der Waals surface area (Å²) in [5.41, 5.74) is 2.03. The molecule has 1 aromatic heterocycles. The van der Waals surface area contributed by atoms with Gasteiger partial charge in [-0.25, -0.2) is 0 Å². The molecule has 4 rings (SSSR count). The van der Waals surface area contributed by atoms with E-state index in [1.54, 1.807) is 0 Å². The summed E-state index contributed by atoms with van der Waals surface area (Å²) in [6.07, 6.45) is 2.68. The third-order valence-electron chi connectivity index (χ3n) is 5.75. The van der Waals surface area contributed by atoms with Gasteiger partial charge < -0.3 is 14.5 Å². The summed E-state index contributed by atoms with van der Waals surface area (Å²) in [6.45, 7) is 5.63. The van der Waals surface area contributed by atoms with Crippen LogP contribution in [0.25, 0.3) is 0 Å². The highest BCUT2D eigenvalue weighted by Gasteiger charge is 2.36. The van der Waals surface area contributed by atoms with E-state index < -0.39 is 0 Å². The Morgan fingerprint density at radius 1 is 1.23 bits per heavy atom. The Bertz CT molecular complexity index is 742. The number of hydrogen-bond acceptors (Lipinski definition) is 5. The van der Waals surface area contributed by atoms with Crippen LogP contribution in [-0.2, 0) is 6.42 Å². The van der Waals surface area contributed by atoms with E-state index >= 15 is 0 Å². The number of para-hydroxylation sites is 1. The van der Waals surface area contributed by atoms with Crippen molar-refractivity contribution < 1.29 is 9.63 Å². The fourth-order valence-electron chi connectivity index (χ4n) is 4.34. The van der Waals surface area contributed by atoms with E-state index in [-0.39, 0.29) is 12.0 Å². The number of aromatic nitrogens is 1. The average molecular weight is 376 g/mol. The number of halogens is 1. The van der Waals surface area contributed by atoms with E-state index in [0.29, 0.717) is 6.04 Å². The van der Waals surface area contributed by atoms with Crippen LogP contribution in [0.1, 0.15) is 24.3 Å². The van der Waals surface area contributed by atoms with E-state index in [4.69, 9.17) is 16.1 Å². The summed E-state index contributed by atoms with van der Waals surface area (Å²) in [5.74, 6) is 1.10. The summed E-state index contributed by atoms with van der Waals surface area (Å²) in [7, 11) is 0. The maximum absolute atomic E-state index is 10.5. The molecule has 26 heavy (non-hydrogen) atoms. The first-order chi connectivity index (χ1) is 12.6. The highest BCUT2D eigenvalue weighted by Crippen LogP contribution is 2.31. The average Bonchev–Trinajstić information content (AvgIpc) is 3.22. The van der Waals surface area contributed by atoms with E-state index in [9.17, 15) is 5.11 Å². The topological polar surface area (TPSA) is 52.7 Å². The first-order valence-corrected chi connectivity index (χ1v) is 9.81. The van der Waals surface area contributed by atoms with Crippen molar-refractivity contribution in [3.05, 3.63) is 46.8 Å². The lowest BCUT2D eigenvalue weighted by atomic mass is 10.00. The molecule has 0 radical (unpaired) electrons. The van der Waals surface area contributed by atoms with Crippen LogP contribution in [0.4, 0.5) is 5.69 Å². The number of benzene rings is 1. The number of hydrogen-bond donors (Lipinski definition) is 1. The van der Waals surface area contributed by atoms with E-state index in [1.807, 2.05) is 31.2 Å². The van der Waals surface area contributed by atoms with Crippen LogP contribution >= 0.6 is 11.6 Å². The third kappa shape index (κ3) is 3.75. The Labute approximate surface area is 159 Å². The summed E-state index contributed by atoms with van der Waals surface area (Å²) >= 11 is 6.34. The summed E-state index contributed by atoms with van der Waals surface area (Å²) in [5, 5.41) is 15.3. The van der Waals surface area contributed by atoms with Gasteiger partial charge in [-0.3, -0.25) is 4.90 Å². The first kappa shape index (κ1) is 17.8. The number of likely N-dealkylation sites (tertiary alicyclic amines) is 1. The van der Waals surface area contributed by atoms with Crippen LogP contribution in [0.15, 0.2) is 34.9 Å². The molecule has 2 aromatic rings. The molecule has 0 unspecified atom stereocenters. The molecule has 3 heterocycles. The fraction of sp³-hybridized carbons (Fsp3) is 0.550. The molecule has 2 fully saturated rings. The molecule has 0 spiro atoms. The number of anilines is 1. The largest absolute Gasteiger partial charge is 0.391 e. The molecule has 140 valence electrons. The van der Waals surface area contributed by atoms with Gasteiger partial charge in [0.2, 0.25) is 0 Å². The fourth-order valence-corrected chi connectivity index (χ4v) is 4.59. The molecule has 0 aliphatic carbocycles. The van der Waals surface area contributed by atoms with Crippen molar-refractivity contribution in [2.24, 2.45) is 5.92 Å². The Kier molecular flexibility index (Phi) is 5.20. The van der Waals surface area contributed by atoms with Gasteiger partial charge in [0.15, 0.2) is 0 Å². The molecule has 0 saturated carbocycles. The number of piperidine rings is 1. The minimum atomic E-state index is -0.290. The Balaban J connectivity index is 1.33. The van der Waals surface area contributed by atoms with Gasteiger partial charge in [0.05, 0.1) is 22.5 Å². The highest BCUT2D eigenvalue weighted by molar-refractivity contribution is 6.33. The van der Waals surface area contributed by atoms with Crippen LogP contribution in [0.5, 0.6) is 0 Å². The summed E-state index contributed by atoms with van der Waals surface area (Å²) < 4.78 is 5.33. The molecule has 2 saturated heterocycles.